The predicted molar refractivity (Wildman–Crippen MR) is 120 cm³/mol. The molecule has 1 unspecified atom stereocenters. The third kappa shape index (κ3) is 3.67. The smallest absolute Gasteiger partial charge is 0.251 e. The summed E-state index contributed by atoms with van der Waals surface area (Å²) in [4.78, 5) is 37.8. The van der Waals surface area contributed by atoms with Gasteiger partial charge in [-0.15, -0.1) is 0 Å². The topological polar surface area (TPSA) is 56.8 Å². The van der Waals surface area contributed by atoms with Crippen molar-refractivity contribution in [1.82, 2.24) is 14.8 Å². The van der Waals surface area contributed by atoms with Crippen molar-refractivity contribution in [2.24, 2.45) is 0 Å². The molecule has 3 aliphatic rings. The summed E-state index contributed by atoms with van der Waals surface area (Å²) in [5.74, 6) is 0.986. The van der Waals surface area contributed by atoms with Gasteiger partial charge >= 0.3 is 0 Å². The maximum Gasteiger partial charge on any atom is 0.251 e. The van der Waals surface area contributed by atoms with Crippen LogP contribution in [0, 0.1) is 0 Å². The average Bonchev–Trinajstić information content (AvgIpc) is 3.47. The van der Waals surface area contributed by atoms with Crippen LogP contribution >= 0.6 is 11.6 Å². The Labute approximate surface area is 187 Å². The Morgan fingerprint density at radius 3 is 2.55 bits per heavy atom. The molecule has 2 amide bonds. The number of anilines is 1. The minimum absolute atomic E-state index is 0.0318. The summed E-state index contributed by atoms with van der Waals surface area (Å²) in [7, 11) is 0. The number of benzene rings is 1. The molecule has 5 rings (SSSR count). The lowest BCUT2D eigenvalue weighted by Crippen LogP contribution is -2.70. The van der Waals surface area contributed by atoms with Crippen molar-refractivity contribution in [2.75, 3.05) is 24.5 Å². The molecule has 2 aromatic rings. The number of carbonyl (C=O) groups excluding carboxylic acids is 2. The molecule has 0 N–H and O–H groups in total. The maximum atomic E-state index is 14.0. The van der Waals surface area contributed by atoms with Crippen LogP contribution in [-0.4, -0.2) is 57.8 Å². The fourth-order valence-electron chi connectivity index (χ4n) is 5.37. The van der Waals surface area contributed by atoms with Crippen LogP contribution in [0.25, 0.3) is 0 Å². The molecule has 1 aliphatic carbocycles. The highest BCUT2D eigenvalue weighted by Gasteiger charge is 2.57. The molecule has 3 fully saturated rings. The molecule has 1 saturated carbocycles. The van der Waals surface area contributed by atoms with E-state index in [0.717, 1.165) is 37.1 Å². The van der Waals surface area contributed by atoms with E-state index in [0.29, 0.717) is 31.1 Å². The van der Waals surface area contributed by atoms with Gasteiger partial charge in [-0.05, 0) is 49.1 Å². The number of hydrogen-bond donors (Lipinski definition) is 0. The van der Waals surface area contributed by atoms with Gasteiger partial charge in [0, 0.05) is 30.4 Å². The maximum absolute atomic E-state index is 14.0. The van der Waals surface area contributed by atoms with Crippen LogP contribution in [0.3, 0.4) is 0 Å². The van der Waals surface area contributed by atoms with Gasteiger partial charge in [-0.25, -0.2) is 4.98 Å². The molecular weight excluding hydrogens is 412 g/mol. The first-order chi connectivity index (χ1) is 15.1. The number of amides is 2. The normalized spacial score (nSPS) is 24.6. The summed E-state index contributed by atoms with van der Waals surface area (Å²) in [5, 5.41) is 0.661. The van der Waals surface area contributed by atoms with Crippen molar-refractivity contribution in [3.63, 3.8) is 0 Å². The summed E-state index contributed by atoms with van der Waals surface area (Å²) in [6.07, 6.45) is 6.64. The molecule has 2 saturated heterocycles. The van der Waals surface area contributed by atoms with Gasteiger partial charge in [-0.2, -0.15) is 0 Å². The minimum Gasteiger partial charge on any atom is -0.354 e. The van der Waals surface area contributed by atoms with Crippen molar-refractivity contribution < 1.29 is 9.59 Å². The fourth-order valence-corrected chi connectivity index (χ4v) is 5.50. The Kier molecular flexibility index (Phi) is 5.34. The summed E-state index contributed by atoms with van der Waals surface area (Å²) >= 11 is 6.05. The van der Waals surface area contributed by atoms with E-state index in [-0.39, 0.29) is 24.4 Å². The third-order valence-electron chi connectivity index (χ3n) is 7.02. The number of aromatic nitrogens is 1. The second kappa shape index (κ2) is 8.15. The number of carbonyl (C=O) groups is 2. The highest BCUT2D eigenvalue weighted by atomic mass is 35.5. The Balaban J connectivity index is 1.49. The van der Waals surface area contributed by atoms with Crippen molar-refractivity contribution in [1.29, 1.82) is 0 Å². The van der Waals surface area contributed by atoms with E-state index in [2.05, 4.69) is 9.88 Å². The lowest BCUT2D eigenvalue weighted by atomic mass is 9.89. The number of pyridine rings is 1. The van der Waals surface area contributed by atoms with Gasteiger partial charge in [0.05, 0.1) is 6.54 Å². The second-order valence-corrected chi connectivity index (χ2v) is 9.31. The van der Waals surface area contributed by atoms with E-state index >= 15 is 0 Å². The number of halogens is 1. The predicted octanol–water partition coefficient (Wildman–Crippen LogP) is 3.50. The molecule has 1 aromatic carbocycles. The van der Waals surface area contributed by atoms with Gasteiger partial charge in [0.2, 0.25) is 5.91 Å². The van der Waals surface area contributed by atoms with Crippen LogP contribution in [0.1, 0.15) is 37.7 Å². The van der Waals surface area contributed by atoms with E-state index in [1.807, 2.05) is 52.3 Å². The molecule has 1 aromatic heterocycles. The highest BCUT2D eigenvalue weighted by Crippen LogP contribution is 2.39. The molecule has 6 nitrogen and oxygen atoms in total. The zero-order chi connectivity index (χ0) is 21.4. The molecule has 3 heterocycles. The molecule has 0 radical (unpaired) electrons. The largest absolute Gasteiger partial charge is 0.354 e. The van der Waals surface area contributed by atoms with E-state index < -0.39 is 5.54 Å². The average molecular weight is 439 g/mol. The summed E-state index contributed by atoms with van der Waals surface area (Å²) in [6.45, 7) is 1.77. The lowest BCUT2D eigenvalue weighted by molar-refractivity contribution is -0.166. The lowest BCUT2D eigenvalue weighted by Gasteiger charge is -2.49. The van der Waals surface area contributed by atoms with Crippen LogP contribution in [-0.2, 0) is 16.1 Å². The van der Waals surface area contributed by atoms with Crippen molar-refractivity contribution in [2.45, 2.75) is 50.2 Å². The summed E-state index contributed by atoms with van der Waals surface area (Å²) in [5.41, 5.74) is 0.130. The van der Waals surface area contributed by atoms with Gasteiger partial charge in [0.25, 0.3) is 5.91 Å². The Bertz CT molecular complexity index is 961. The van der Waals surface area contributed by atoms with Gasteiger partial charge < -0.3 is 14.7 Å². The summed E-state index contributed by atoms with van der Waals surface area (Å²) < 4.78 is 0. The molecule has 1 atom stereocenters. The zero-order valence-electron chi connectivity index (χ0n) is 17.5. The molecule has 0 bridgehead atoms. The van der Waals surface area contributed by atoms with Crippen LogP contribution in [0.5, 0.6) is 0 Å². The molecule has 7 heteroatoms. The summed E-state index contributed by atoms with van der Waals surface area (Å²) in [6, 6.07) is 13.5. The minimum atomic E-state index is -0.852. The monoisotopic (exact) mass is 438 g/mol. The van der Waals surface area contributed by atoms with E-state index in [1.165, 1.54) is 0 Å². The van der Waals surface area contributed by atoms with Crippen LogP contribution < -0.4 is 4.90 Å². The molecule has 1 spiro atoms. The highest BCUT2D eigenvalue weighted by molar-refractivity contribution is 6.30. The van der Waals surface area contributed by atoms with Crippen molar-refractivity contribution >= 4 is 29.2 Å². The zero-order valence-corrected chi connectivity index (χ0v) is 18.3. The van der Waals surface area contributed by atoms with Crippen molar-refractivity contribution in [3.05, 3.63) is 59.2 Å². The first-order valence-electron chi connectivity index (χ1n) is 11.1. The SMILES string of the molecule is O=C1CN(C2CCCC2)C(=O)C2(CCN(c3ccccn3)C2)N1Cc1ccc(Cl)cc1. The molecule has 31 heavy (non-hydrogen) atoms. The first kappa shape index (κ1) is 20.3. The first-order valence-corrected chi connectivity index (χ1v) is 11.5. The number of hydrogen-bond acceptors (Lipinski definition) is 4. The number of piperazine rings is 1. The number of rotatable bonds is 4. The van der Waals surface area contributed by atoms with E-state index in [9.17, 15) is 9.59 Å². The second-order valence-electron chi connectivity index (χ2n) is 8.87. The Morgan fingerprint density at radius 1 is 1.06 bits per heavy atom. The van der Waals surface area contributed by atoms with Crippen LogP contribution in [0.15, 0.2) is 48.7 Å². The Morgan fingerprint density at radius 2 is 1.84 bits per heavy atom. The Hall–Kier alpha value is -2.60. The third-order valence-corrected chi connectivity index (χ3v) is 7.27. The number of nitrogens with zero attached hydrogens (tertiary/aromatic N) is 4. The van der Waals surface area contributed by atoms with Gasteiger partial charge in [-0.3, -0.25) is 9.59 Å². The van der Waals surface area contributed by atoms with E-state index in [1.54, 1.807) is 6.20 Å². The van der Waals surface area contributed by atoms with Crippen molar-refractivity contribution in [3.8, 4) is 0 Å². The molecule has 2 aliphatic heterocycles. The van der Waals surface area contributed by atoms with Crippen LogP contribution in [0.2, 0.25) is 5.02 Å². The van der Waals surface area contributed by atoms with Crippen LogP contribution in [0.4, 0.5) is 5.82 Å². The van der Waals surface area contributed by atoms with Gasteiger partial charge in [0.15, 0.2) is 0 Å². The van der Waals surface area contributed by atoms with Gasteiger partial charge in [-0.1, -0.05) is 42.6 Å². The van der Waals surface area contributed by atoms with Gasteiger partial charge in [0.1, 0.15) is 17.9 Å². The molecule has 162 valence electrons. The fraction of sp³-hybridized carbons (Fsp3) is 0.458. The molecular formula is C24H27ClN4O2. The quantitative estimate of drug-likeness (QED) is 0.733. The standard InChI is InChI=1S/C24H27ClN4O2/c25-19-10-8-18(9-11-19)15-29-22(30)16-28(20-5-1-2-6-20)23(31)24(29)12-14-27(17-24)21-7-3-4-13-26-21/h3-4,7-11,13,20H,1-2,5-6,12,14-17H2. The van der Waals surface area contributed by atoms with E-state index in [4.69, 9.17) is 11.6 Å².